The van der Waals surface area contributed by atoms with Crippen LogP contribution in [0, 0.1) is 0 Å². The number of hydrogen-bond donors (Lipinski definition) is 0. The Hall–Kier alpha value is -1.09. The molecule has 2 nitrogen and oxygen atoms in total. The molecule has 0 amide bonds. The Morgan fingerprint density at radius 3 is 2.24 bits per heavy atom. The summed E-state index contributed by atoms with van der Waals surface area (Å²) in [7, 11) is -1.79. The quantitative estimate of drug-likeness (QED) is 0.738. The zero-order chi connectivity index (χ0) is 12.9. The summed E-state index contributed by atoms with van der Waals surface area (Å²) in [6.45, 7) is 8.22. The maximum Gasteiger partial charge on any atom is 0.324 e. The van der Waals surface area contributed by atoms with E-state index in [1.54, 1.807) is 0 Å². The van der Waals surface area contributed by atoms with Crippen LogP contribution in [0.25, 0.3) is 0 Å². The Morgan fingerprint density at radius 2 is 1.76 bits per heavy atom. The van der Waals surface area contributed by atoms with Crippen molar-refractivity contribution >= 4 is 14.3 Å². The van der Waals surface area contributed by atoms with E-state index in [4.69, 9.17) is 4.43 Å². The van der Waals surface area contributed by atoms with Crippen molar-refractivity contribution in [2.75, 3.05) is 0 Å². The first-order valence-electron chi connectivity index (χ1n) is 6.24. The summed E-state index contributed by atoms with van der Waals surface area (Å²) in [4.78, 5) is 11.8. The predicted molar refractivity (Wildman–Crippen MR) is 73.8 cm³/mol. The molecule has 0 N–H and O–H groups in total. The molecule has 0 fully saturated rings. The van der Waals surface area contributed by atoms with Crippen LogP contribution in [-0.4, -0.2) is 14.3 Å². The Bertz CT molecular complexity index is 363. The van der Waals surface area contributed by atoms with E-state index in [2.05, 4.69) is 6.92 Å². The van der Waals surface area contributed by atoms with Gasteiger partial charge in [0, 0.05) is 0 Å². The summed E-state index contributed by atoms with van der Waals surface area (Å²) in [5.41, 5.74) is 1.95. The summed E-state index contributed by atoms with van der Waals surface area (Å²) in [5.74, 6) is -0.189. The van der Waals surface area contributed by atoms with Gasteiger partial charge in [-0.25, -0.2) is 4.79 Å². The van der Waals surface area contributed by atoms with Crippen molar-refractivity contribution in [3.05, 3.63) is 35.4 Å². The SMILES string of the molecule is CCCCc1ccc(C(=O)O[Si](C)(C)C)cc1. The van der Waals surface area contributed by atoms with Crippen LogP contribution in [0.3, 0.4) is 0 Å². The topological polar surface area (TPSA) is 26.3 Å². The molecule has 0 saturated carbocycles. The molecule has 0 atom stereocenters. The number of aryl methyl sites for hydroxylation is 1. The number of benzene rings is 1. The molecule has 1 aromatic carbocycles. The van der Waals surface area contributed by atoms with E-state index in [1.807, 2.05) is 43.9 Å². The number of carbonyl (C=O) groups excluding carboxylic acids is 1. The van der Waals surface area contributed by atoms with Gasteiger partial charge in [-0.1, -0.05) is 25.5 Å². The van der Waals surface area contributed by atoms with E-state index >= 15 is 0 Å². The first-order chi connectivity index (χ1) is 7.92. The van der Waals surface area contributed by atoms with Crippen molar-refractivity contribution in [2.24, 2.45) is 0 Å². The van der Waals surface area contributed by atoms with Gasteiger partial charge in [-0.05, 0) is 50.2 Å². The molecule has 0 bridgehead atoms. The first kappa shape index (κ1) is 14.0. The molecule has 0 unspecified atom stereocenters. The fraction of sp³-hybridized carbons (Fsp3) is 0.500. The second-order valence-electron chi connectivity index (χ2n) is 5.30. The Kier molecular flexibility index (Phi) is 4.94. The lowest BCUT2D eigenvalue weighted by Gasteiger charge is -2.17. The Labute approximate surface area is 105 Å². The standard InChI is InChI=1S/C14H22O2Si/c1-5-6-7-12-8-10-13(11-9-12)14(15)16-17(2,3)4/h8-11H,5-7H2,1-4H3. The second-order valence-corrected chi connectivity index (χ2v) is 9.73. The van der Waals surface area contributed by atoms with Gasteiger partial charge in [0.25, 0.3) is 0 Å². The van der Waals surface area contributed by atoms with Gasteiger partial charge in [0.2, 0.25) is 8.32 Å². The normalized spacial score (nSPS) is 11.3. The molecule has 1 rings (SSSR count). The highest BCUT2D eigenvalue weighted by Gasteiger charge is 2.20. The van der Waals surface area contributed by atoms with Gasteiger partial charge < -0.3 is 4.43 Å². The Morgan fingerprint density at radius 1 is 1.18 bits per heavy atom. The third kappa shape index (κ3) is 5.17. The number of carbonyl (C=O) groups is 1. The number of unbranched alkanes of at least 4 members (excludes halogenated alkanes) is 1. The van der Waals surface area contributed by atoms with Crippen molar-refractivity contribution < 1.29 is 9.22 Å². The Balaban J connectivity index is 2.64. The van der Waals surface area contributed by atoms with Gasteiger partial charge in [-0.2, -0.15) is 0 Å². The van der Waals surface area contributed by atoms with E-state index in [0.29, 0.717) is 5.56 Å². The van der Waals surface area contributed by atoms with Crippen molar-refractivity contribution in [2.45, 2.75) is 45.8 Å². The lowest BCUT2D eigenvalue weighted by atomic mass is 10.1. The molecular weight excluding hydrogens is 228 g/mol. The smallest absolute Gasteiger partial charge is 0.324 e. The molecule has 0 aromatic heterocycles. The van der Waals surface area contributed by atoms with Gasteiger partial charge in [0.15, 0.2) is 0 Å². The third-order valence-electron chi connectivity index (χ3n) is 2.41. The maximum absolute atomic E-state index is 11.8. The summed E-state index contributed by atoms with van der Waals surface area (Å²) in [6, 6.07) is 7.79. The molecule has 94 valence electrons. The second kappa shape index (κ2) is 6.01. The van der Waals surface area contributed by atoms with E-state index in [0.717, 1.165) is 6.42 Å². The summed E-state index contributed by atoms with van der Waals surface area (Å²) in [6.07, 6.45) is 3.47. The molecule has 0 spiro atoms. The highest BCUT2D eigenvalue weighted by atomic mass is 28.4. The first-order valence-corrected chi connectivity index (χ1v) is 9.65. The molecule has 0 aliphatic rings. The highest BCUT2D eigenvalue weighted by Crippen LogP contribution is 2.12. The van der Waals surface area contributed by atoms with Gasteiger partial charge in [0.1, 0.15) is 0 Å². The van der Waals surface area contributed by atoms with Crippen LogP contribution in [0.4, 0.5) is 0 Å². The van der Waals surface area contributed by atoms with E-state index in [1.165, 1.54) is 18.4 Å². The van der Waals surface area contributed by atoms with E-state index in [9.17, 15) is 4.79 Å². The molecule has 1 aromatic rings. The average molecular weight is 250 g/mol. The van der Waals surface area contributed by atoms with Crippen LogP contribution in [-0.2, 0) is 10.8 Å². The van der Waals surface area contributed by atoms with Crippen LogP contribution in [0.2, 0.25) is 19.6 Å². The molecule has 0 radical (unpaired) electrons. The minimum absolute atomic E-state index is 0.189. The summed E-state index contributed by atoms with van der Waals surface area (Å²) < 4.78 is 5.44. The van der Waals surface area contributed by atoms with Crippen LogP contribution < -0.4 is 0 Å². The van der Waals surface area contributed by atoms with Crippen molar-refractivity contribution in [1.29, 1.82) is 0 Å². The van der Waals surface area contributed by atoms with E-state index in [-0.39, 0.29) is 5.97 Å². The number of rotatable bonds is 5. The van der Waals surface area contributed by atoms with Crippen LogP contribution in [0.15, 0.2) is 24.3 Å². The molecule has 0 heterocycles. The zero-order valence-corrected chi connectivity index (χ0v) is 12.2. The molecule has 3 heteroatoms. The van der Waals surface area contributed by atoms with Gasteiger partial charge >= 0.3 is 5.97 Å². The lowest BCUT2D eigenvalue weighted by molar-refractivity contribution is 0.0724. The van der Waals surface area contributed by atoms with Gasteiger partial charge in [-0.3, -0.25) is 0 Å². The fourth-order valence-corrected chi connectivity index (χ4v) is 2.20. The van der Waals surface area contributed by atoms with Crippen LogP contribution in [0.1, 0.15) is 35.7 Å². The van der Waals surface area contributed by atoms with Crippen LogP contribution in [0.5, 0.6) is 0 Å². The zero-order valence-electron chi connectivity index (χ0n) is 11.2. The molecular formula is C14H22O2Si. The van der Waals surface area contributed by atoms with Gasteiger partial charge in [-0.15, -0.1) is 0 Å². The molecule has 0 aliphatic heterocycles. The fourth-order valence-electron chi connectivity index (χ4n) is 1.53. The number of hydrogen-bond acceptors (Lipinski definition) is 2. The summed E-state index contributed by atoms with van der Waals surface area (Å²) in [5, 5.41) is 0. The highest BCUT2D eigenvalue weighted by molar-refractivity contribution is 6.71. The molecule has 17 heavy (non-hydrogen) atoms. The third-order valence-corrected chi connectivity index (χ3v) is 3.21. The minimum Gasteiger partial charge on any atom is -0.516 e. The van der Waals surface area contributed by atoms with Crippen molar-refractivity contribution in [3.8, 4) is 0 Å². The van der Waals surface area contributed by atoms with Gasteiger partial charge in [0.05, 0.1) is 5.56 Å². The maximum atomic E-state index is 11.8. The van der Waals surface area contributed by atoms with Crippen LogP contribution >= 0.6 is 0 Å². The average Bonchev–Trinajstić information content (AvgIpc) is 2.24. The monoisotopic (exact) mass is 250 g/mol. The van der Waals surface area contributed by atoms with Crippen molar-refractivity contribution in [3.63, 3.8) is 0 Å². The largest absolute Gasteiger partial charge is 0.516 e. The summed E-state index contributed by atoms with van der Waals surface area (Å²) >= 11 is 0. The van der Waals surface area contributed by atoms with E-state index < -0.39 is 8.32 Å². The predicted octanol–water partition coefficient (Wildman–Crippen LogP) is 4.02. The lowest BCUT2D eigenvalue weighted by Crippen LogP contribution is -2.29. The van der Waals surface area contributed by atoms with Crippen molar-refractivity contribution in [1.82, 2.24) is 0 Å². The minimum atomic E-state index is -1.79. The molecule has 0 aliphatic carbocycles. The molecule has 0 saturated heterocycles.